The van der Waals surface area contributed by atoms with Crippen LogP contribution in [0, 0.1) is 5.41 Å². The number of anilines is 1. The van der Waals surface area contributed by atoms with Crippen molar-refractivity contribution in [2.24, 2.45) is 5.73 Å². The number of halogens is 3. The van der Waals surface area contributed by atoms with Crippen LogP contribution in [-0.2, 0) is 11.3 Å². The Bertz CT molecular complexity index is 962. The van der Waals surface area contributed by atoms with Gasteiger partial charge < -0.3 is 15.4 Å². The third-order valence-corrected chi connectivity index (χ3v) is 4.26. The summed E-state index contributed by atoms with van der Waals surface area (Å²) in [4.78, 5) is 31.5. The van der Waals surface area contributed by atoms with E-state index in [1.807, 2.05) is 0 Å². The quantitative estimate of drug-likeness (QED) is 0.450. The lowest BCUT2D eigenvalue weighted by Gasteiger charge is -2.19. The van der Waals surface area contributed by atoms with Crippen molar-refractivity contribution in [1.29, 1.82) is 5.41 Å². The van der Waals surface area contributed by atoms with Crippen LogP contribution in [0.3, 0.4) is 0 Å². The van der Waals surface area contributed by atoms with E-state index in [0.29, 0.717) is 5.56 Å². The fourth-order valence-corrected chi connectivity index (χ4v) is 2.86. The highest BCUT2D eigenvalue weighted by Gasteiger charge is 2.43. The molecule has 0 aliphatic carbocycles. The van der Waals surface area contributed by atoms with Gasteiger partial charge in [-0.2, -0.15) is 0 Å². The summed E-state index contributed by atoms with van der Waals surface area (Å²) in [5, 5.41) is 7.44. The Labute approximate surface area is 163 Å². The number of nitrogens with zero attached hydrogens (tertiary/aromatic N) is 3. The maximum atomic E-state index is 12.8. The lowest BCUT2D eigenvalue weighted by Crippen LogP contribution is -2.33. The van der Waals surface area contributed by atoms with Gasteiger partial charge in [-0.1, -0.05) is 0 Å². The van der Waals surface area contributed by atoms with Gasteiger partial charge in [-0.3, -0.25) is 15.2 Å². The number of urea groups is 1. The molecule has 1 atom stereocenters. The number of pyridine rings is 1. The molecular formula is C18H16F3N5O3. The zero-order chi connectivity index (χ0) is 21.3. The van der Waals surface area contributed by atoms with Crippen molar-refractivity contribution in [3.05, 3.63) is 53.9 Å². The molecule has 0 bridgehead atoms. The van der Waals surface area contributed by atoms with E-state index in [9.17, 15) is 22.8 Å². The van der Waals surface area contributed by atoms with Crippen molar-refractivity contribution < 1.29 is 27.5 Å². The number of nitrogens with two attached hydrogens (primary N) is 1. The summed E-state index contributed by atoms with van der Waals surface area (Å²) < 4.78 is 40.6. The molecule has 152 valence electrons. The third kappa shape index (κ3) is 4.28. The molecule has 3 amide bonds. The lowest BCUT2D eigenvalue weighted by atomic mass is 10.2. The molecule has 0 spiro atoms. The van der Waals surface area contributed by atoms with Gasteiger partial charge in [0.15, 0.2) is 0 Å². The van der Waals surface area contributed by atoms with Crippen LogP contribution in [0.4, 0.5) is 23.7 Å². The average molecular weight is 407 g/mol. The minimum atomic E-state index is -4.84. The first-order valence-corrected chi connectivity index (χ1v) is 8.36. The molecule has 1 saturated heterocycles. The van der Waals surface area contributed by atoms with E-state index in [1.54, 1.807) is 19.1 Å². The molecule has 3 N–H and O–H groups in total. The first-order chi connectivity index (χ1) is 13.6. The van der Waals surface area contributed by atoms with Crippen molar-refractivity contribution in [2.75, 3.05) is 4.90 Å². The summed E-state index contributed by atoms with van der Waals surface area (Å²) in [7, 11) is 0. The Morgan fingerprint density at radius 3 is 2.48 bits per heavy atom. The van der Waals surface area contributed by atoms with Crippen LogP contribution in [0.1, 0.15) is 18.2 Å². The van der Waals surface area contributed by atoms with Crippen molar-refractivity contribution >= 4 is 23.5 Å². The Hall–Kier alpha value is -3.63. The van der Waals surface area contributed by atoms with Crippen LogP contribution < -0.4 is 15.4 Å². The highest BCUT2D eigenvalue weighted by atomic mass is 19.4. The average Bonchev–Trinajstić information content (AvgIpc) is 2.85. The largest absolute Gasteiger partial charge is 0.573 e. The fraction of sp³-hybridized carbons (Fsp3) is 0.222. The number of alkyl halides is 3. The monoisotopic (exact) mass is 407 g/mol. The predicted octanol–water partition coefficient (Wildman–Crippen LogP) is 2.62. The number of carbonyl (C=O) groups excluding carboxylic acids is 2. The Morgan fingerprint density at radius 1 is 1.24 bits per heavy atom. The predicted molar refractivity (Wildman–Crippen MR) is 96.3 cm³/mol. The standard InChI is InChI=1S/C18H16F3N5O3/c1-10-16(27)26(12-2-4-13(5-3-12)29-18(19,20)21)17(28)25(10)9-11-6-7-24-14(8-11)15(22)23/h2-8,10H,9H2,1H3,(H3,22,23). The van der Waals surface area contributed by atoms with Gasteiger partial charge in [0.1, 0.15) is 23.3 Å². The normalized spacial score (nSPS) is 17.0. The molecule has 1 aromatic carbocycles. The second kappa shape index (κ2) is 7.41. The van der Waals surface area contributed by atoms with Gasteiger partial charge in [0.25, 0.3) is 5.91 Å². The first kappa shape index (κ1) is 20.1. The van der Waals surface area contributed by atoms with E-state index < -0.39 is 30.1 Å². The number of rotatable bonds is 5. The Balaban J connectivity index is 1.81. The third-order valence-electron chi connectivity index (χ3n) is 4.26. The number of hydrogen-bond donors (Lipinski definition) is 2. The molecule has 0 radical (unpaired) electrons. The SMILES string of the molecule is CC1C(=O)N(c2ccc(OC(F)(F)F)cc2)C(=O)N1Cc1ccnc(C(=N)N)c1. The van der Waals surface area contributed by atoms with Crippen LogP contribution in [-0.4, -0.2) is 40.1 Å². The van der Waals surface area contributed by atoms with Crippen LogP contribution in [0.25, 0.3) is 0 Å². The molecule has 1 aliphatic rings. The summed E-state index contributed by atoms with van der Waals surface area (Å²) in [5.41, 5.74) is 6.40. The maximum absolute atomic E-state index is 12.8. The zero-order valence-corrected chi connectivity index (χ0v) is 15.1. The summed E-state index contributed by atoms with van der Waals surface area (Å²) in [5.74, 6) is -1.20. The smallest absolute Gasteiger partial charge is 0.406 e. The van der Waals surface area contributed by atoms with E-state index in [4.69, 9.17) is 11.1 Å². The molecule has 3 rings (SSSR count). The molecule has 2 heterocycles. The number of carbonyl (C=O) groups is 2. The molecule has 1 unspecified atom stereocenters. The van der Waals surface area contributed by atoms with Gasteiger partial charge in [0.05, 0.1) is 5.69 Å². The van der Waals surface area contributed by atoms with Crippen molar-refractivity contribution in [1.82, 2.24) is 9.88 Å². The minimum absolute atomic E-state index is 0.0698. The van der Waals surface area contributed by atoms with Crippen molar-refractivity contribution in [2.45, 2.75) is 25.9 Å². The minimum Gasteiger partial charge on any atom is -0.406 e. The summed E-state index contributed by atoms with van der Waals surface area (Å²) >= 11 is 0. The van der Waals surface area contributed by atoms with E-state index in [-0.39, 0.29) is 23.8 Å². The van der Waals surface area contributed by atoms with Crippen LogP contribution in [0.15, 0.2) is 42.6 Å². The number of amidine groups is 1. The molecule has 2 aromatic rings. The van der Waals surface area contributed by atoms with Gasteiger partial charge in [0.2, 0.25) is 0 Å². The van der Waals surface area contributed by atoms with Gasteiger partial charge in [-0.15, -0.1) is 13.2 Å². The van der Waals surface area contributed by atoms with E-state index in [1.165, 1.54) is 23.2 Å². The topological polar surface area (TPSA) is 113 Å². The highest BCUT2D eigenvalue weighted by Crippen LogP contribution is 2.29. The van der Waals surface area contributed by atoms with Gasteiger partial charge >= 0.3 is 12.4 Å². The number of nitrogens with one attached hydrogen (secondary N) is 1. The zero-order valence-electron chi connectivity index (χ0n) is 15.1. The number of hydrogen-bond acceptors (Lipinski definition) is 5. The van der Waals surface area contributed by atoms with E-state index in [2.05, 4.69) is 9.72 Å². The molecule has 8 nitrogen and oxygen atoms in total. The number of nitrogen functional groups attached to an aromatic ring is 1. The van der Waals surface area contributed by atoms with Gasteiger partial charge in [-0.25, -0.2) is 9.69 Å². The Morgan fingerprint density at radius 2 is 1.90 bits per heavy atom. The lowest BCUT2D eigenvalue weighted by molar-refractivity contribution is -0.274. The summed E-state index contributed by atoms with van der Waals surface area (Å²) in [6.45, 7) is 1.62. The van der Waals surface area contributed by atoms with E-state index >= 15 is 0 Å². The van der Waals surface area contributed by atoms with Gasteiger partial charge in [-0.05, 0) is 48.9 Å². The number of amides is 3. The molecule has 29 heavy (non-hydrogen) atoms. The molecule has 0 saturated carbocycles. The second-order valence-electron chi connectivity index (χ2n) is 6.26. The number of aromatic nitrogens is 1. The summed E-state index contributed by atoms with van der Waals surface area (Å²) in [6.07, 6.45) is -3.40. The van der Waals surface area contributed by atoms with Crippen molar-refractivity contribution in [3.63, 3.8) is 0 Å². The van der Waals surface area contributed by atoms with Crippen LogP contribution in [0.5, 0.6) is 5.75 Å². The Kier molecular flexibility index (Phi) is 5.14. The molecule has 11 heteroatoms. The highest BCUT2D eigenvalue weighted by molar-refractivity contribution is 6.21. The van der Waals surface area contributed by atoms with Gasteiger partial charge in [0, 0.05) is 12.7 Å². The first-order valence-electron chi connectivity index (χ1n) is 8.36. The second-order valence-corrected chi connectivity index (χ2v) is 6.26. The molecule has 1 fully saturated rings. The van der Waals surface area contributed by atoms with E-state index in [0.717, 1.165) is 17.0 Å². The van der Waals surface area contributed by atoms with Crippen molar-refractivity contribution in [3.8, 4) is 5.75 Å². The number of benzene rings is 1. The number of imide groups is 1. The fourth-order valence-electron chi connectivity index (χ4n) is 2.86. The maximum Gasteiger partial charge on any atom is 0.573 e. The summed E-state index contributed by atoms with van der Waals surface area (Å²) in [6, 6.07) is 6.22. The molecular weight excluding hydrogens is 391 g/mol. The van der Waals surface area contributed by atoms with Crippen LogP contribution >= 0.6 is 0 Å². The molecule has 1 aliphatic heterocycles. The molecule has 1 aromatic heterocycles. The van der Waals surface area contributed by atoms with Crippen LogP contribution in [0.2, 0.25) is 0 Å². The number of ether oxygens (including phenoxy) is 1.